The molecule has 0 N–H and O–H groups in total. The van der Waals surface area contributed by atoms with Crippen molar-refractivity contribution in [2.24, 2.45) is 0 Å². The van der Waals surface area contributed by atoms with E-state index in [1.54, 1.807) is 26.0 Å². The fourth-order valence-corrected chi connectivity index (χ4v) is 2.98. The second-order valence-corrected chi connectivity index (χ2v) is 7.26. The highest BCUT2D eigenvalue weighted by Crippen LogP contribution is 2.38. The topological polar surface area (TPSA) is 43.4 Å². The van der Waals surface area contributed by atoms with E-state index in [1.165, 1.54) is 0 Å². The number of rotatable bonds is 7. The Hall–Kier alpha value is -1.21. The van der Waals surface area contributed by atoms with E-state index in [-0.39, 0.29) is 5.97 Å². The molecule has 0 aliphatic heterocycles. The number of carbonyl (C=O) groups is 1. The molecule has 104 valence electrons. The Balaban J connectivity index is 2.64. The highest BCUT2D eigenvalue weighted by atomic mass is 31.1. The first-order valence-corrected chi connectivity index (χ1v) is 7.95. The average molecular weight is 281 g/mol. The maximum atomic E-state index is 12.4. The van der Waals surface area contributed by atoms with Crippen molar-refractivity contribution in [2.75, 3.05) is 6.61 Å². The number of hydrogen-bond acceptors (Lipinski definition) is 3. The van der Waals surface area contributed by atoms with Crippen LogP contribution in [-0.4, -0.2) is 17.7 Å². The van der Waals surface area contributed by atoms with Gasteiger partial charge in [0, 0.05) is 0 Å². The van der Waals surface area contributed by atoms with Crippen LogP contribution in [0.2, 0.25) is 0 Å². The molecule has 0 aromatic heterocycles. The largest absolute Gasteiger partial charge is 0.462 e. The van der Waals surface area contributed by atoms with Crippen LogP contribution in [0.4, 0.5) is 0 Å². The summed E-state index contributed by atoms with van der Waals surface area (Å²) in [7, 11) is -1.81. The Kier molecular flexibility index (Phi) is 6.17. The molecule has 1 aromatic carbocycles. The predicted octanol–water partition coefficient (Wildman–Crippen LogP) is 3.65. The van der Waals surface area contributed by atoms with Crippen LogP contribution in [0.15, 0.2) is 30.3 Å². The van der Waals surface area contributed by atoms with Crippen molar-refractivity contribution < 1.29 is 14.1 Å². The Morgan fingerprint density at radius 1 is 1.21 bits per heavy atom. The zero-order chi connectivity index (χ0) is 14.3. The molecule has 1 unspecified atom stereocenters. The smallest absolute Gasteiger partial charge is 0.394 e. The van der Waals surface area contributed by atoms with Gasteiger partial charge in [0.1, 0.15) is 0 Å². The summed E-state index contributed by atoms with van der Waals surface area (Å²) in [6, 6.07) is 9.08. The lowest BCUT2D eigenvalue weighted by Gasteiger charge is -2.12. The Morgan fingerprint density at radius 2 is 1.84 bits per heavy atom. The van der Waals surface area contributed by atoms with E-state index in [0.717, 1.165) is 19.3 Å². The van der Waals surface area contributed by atoms with Gasteiger partial charge in [0.15, 0.2) is 5.30 Å². The maximum Gasteiger partial charge on any atom is 0.394 e. The van der Waals surface area contributed by atoms with E-state index >= 15 is 0 Å². The second kappa shape index (κ2) is 7.40. The van der Waals surface area contributed by atoms with Gasteiger partial charge in [-0.05, 0) is 32.4 Å². The highest BCUT2D eigenvalue weighted by Gasteiger charge is 2.49. The SMILES string of the molecule is CCCCCOC(=O)C(C)(C)[P+](=O)c1ccccc1. The van der Waals surface area contributed by atoms with E-state index in [9.17, 15) is 9.36 Å². The third kappa shape index (κ3) is 4.43. The summed E-state index contributed by atoms with van der Waals surface area (Å²) >= 11 is 0. The number of benzene rings is 1. The van der Waals surface area contributed by atoms with Gasteiger partial charge < -0.3 is 4.74 Å². The number of esters is 1. The summed E-state index contributed by atoms with van der Waals surface area (Å²) < 4.78 is 17.7. The minimum absolute atomic E-state index is 0.381. The van der Waals surface area contributed by atoms with Crippen LogP contribution in [0.3, 0.4) is 0 Å². The molecule has 1 aromatic rings. The zero-order valence-electron chi connectivity index (χ0n) is 11.9. The van der Waals surface area contributed by atoms with E-state index in [1.807, 2.05) is 18.2 Å². The standard InChI is InChI=1S/C15H22O3P/c1-4-5-9-12-18-14(16)15(2,3)19(17)13-10-7-6-8-11-13/h6-8,10-11H,4-5,9,12H2,1-3H3/q+1. The van der Waals surface area contributed by atoms with Crippen molar-refractivity contribution >= 4 is 19.1 Å². The van der Waals surface area contributed by atoms with Gasteiger partial charge in [0.2, 0.25) is 0 Å². The van der Waals surface area contributed by atoms with Crippen molar-refractivity contribution in [3.8, 4) is 0 Å². The minimum atomic E-state index is -1.81. The molecule has 19 heavy (non-hydrogen) atoms. The number of ether oxygens (including phenoxy) is 1. The molecule has 0 fully saturated rings. The Bertz CT molecular complexity index is 426. The van der Waals surface area contributed by atoms with Crippen LogP contribution in [-0.2, 0) is 14.1 Å². The van der Waals surface area contributed by atoms with E-state index in [2.05, 4.69) is 6.92 Å². The first kappa shape index (κ1) is 15.8. The fourth-order valence-electron chi connectivity index (χ4n) is 1.66. The molecule has 1 atom stereocenters. The molecular weight excluding hydrogens is 259 g/mol. The van der Waals surface area contributed by atoms with Crippen molar-refractivity contribution in [2.45, 2.75) is 45.2 Å². The lowest BCUT2D eigenvalue weighted by atomic mass is 10.2. The monoisotopic (exact) mass is 281 g/mol. The minimum Gasteiger partial charge on any atom is -0.462 e. The fraction of sp³-hybridized carbons (Fsp3) is 0.533. The van der Waals surface area contributed by atoms with E-state index < -0.39 is 13.0 Å². The Labute approximate surface area is 116 Å². The highest BCUT2D eigenvalue weighted by molar-refractivity contribution is 7.56. The van der Waals surface area contributed by atoms with Gasteiger partial charge in [-0.15, -0.1) is 0 Å². The summed E-state index contributed by atoms with van der Waals surface area (Å²) in [6.07, 6.45) is 2.98. The van der Waals surface area contributed by atoms with Gasteiger partial charge in [-0.3, -0.25) is 0 Å². The molecule has 3 nitrogen and oxygen atoms in total. The molecule has 0 saturated carbocycles. The zero-order valence-corrected chi connectivity index (χ0v) is 12.8. The van der Waals surface area contributed by atoms with Gasteiger partial charge in [-0.25, -0.2) is 4.79 Å². The van der Waals surface area contributed by atoms with Crippen LogP contribution in [0.1, 0.15) is 40.0 Å². The Morgan fingerprint density at radius 3 is 2.42 bits per heavy atom. The van der Waals surface area contributed by atoms with Gasteiger partial charge in [-0.2, -0.15) is 0 Å². The van der Waals surface area contributed by atoms with Crippen LogP contribution in [0, 0.1) is 0 Å². The van der Waals surface area contributed by atoms with Crippen LogP contribution in [0.25, 0.3) is 0 Å². The lowest BCUT2D eigenvalue weighted by Crippen LogP contribution is -2.32. The molecule has 0 bridgehead atoms. The summed E-state index contributed by atoms with van der Waals surface area (Å²) in [6.45, 7) is 5.87. The van der Waals surface area contributed by atoms with Crippen molar-refractivity contribution in [1.29, 1.82) is 0 Å². The van der Waals surface area contributed by atoms with Gasteiger partial charge in [0.25, 0.3) is 5.16 Å². The van der Waals surface area contributed by atoms with Gasteiger partial charge >= 0.3 is 13.8 Å². The molecule has 1 rings (SSSR count). The molecule has 0 aliphatic rings. The molecule has 0 aliphatic carbocycles. The van der Waals surface area contributed by atoms with Crippen LogP contribution in [0.5, 0.6) is 0 Å². The average Bonchev–Trinajstić information content (AvgIpc) is 2.43. The molecule has 4 heteroatoms. The molecule has 0 saturated heterocycles. The molecule has 0 heterocycles. The number of unbranched alkanes of at least 4 members (excludes halogenated alkanes) is 2. The molecule has 0 radical (unpaired) electrons. The molecular formula is C15H22O3P+. The summed E-state index contributed by atoms with van der Waals surface area (Å²) in [5.41, 5.74) is 0. The third-order valence-corrected chi connectivity index (χ3v) is 4.94. The van der Waals surface area contributed by atoms with E-state index in [0.29, 0.717) is 11.9 Å². The summed E-state index contributed by atoms with van der Waals surface area (Å²) in [5.74, 6) is -0.381. The van der Waals surface area contributed by atoms with Crippen LogP contribution < -0.4 is 5.30 Å². The van der Waals surface area contributed by atoms with Crippen molar-refractivity contribution in [3.63, 3.8) is 0 Å². The first-order chi connectivity index (χ1) is 9.00. The quantitative estimate of drug-likeness (QED) is 0.435. The predicted molar refractivity (Wildman–Crippen MR) is 78.2 cm³/mol. The van der Waals surface area contributed by atoms with Crippen molar-refractivity contribution in [1.82, 2.24) is 0 Å². The summed E-state index contributed by atoms with van der Waals surface area (Å²) in [5, 5.41) is -0.295. The van der Waals surface area contributed by atoms with Crippen LogP contribution >= 0.6 is 7.80 Å². The van der Waals surface area contributed by atoms with Crippen molar-refractivity contribution in [3.05, 3.63) is 30.3 Å². The third-order valence-electron chi connectivity index (χ3n) is 2.98. The second-order valence-electron chi connectivity index (χ2n) is 5.03. The normalized spacial score (nSPS) is 12.1. The molecule has 0 amide bonds. The summed E-state index contributed by atoms with van der Waals surface area (Å²) in [4.78, 5) is 12.0. The van der Waals surface area contributed by atoms with E-state index in [4.69, 9.17) is 4.74 Å². The molecule has 0 spiro atoms. The van der Waals surface area contributed by atoms with Gasteiger partial charge in [0.05, 0.1) is 6.61 Å². The maximum absolute atomic E-state index is 12.4. The van der Waals surface area contributed by atoms with Gasteiger partial charge in [-0.1, -0.05) is 42.5 Å². The first-order valence-electron chi connectivity index (χ1n) is 6.69. The number of carbonyl (C=O) groups excluding carboxylic acids is 1. The lowest BCUT2D eigenvalue weighted by molar-refractivity contribution is -0.146. The number of hydrogen-bond donors (Lipinski definition) is 0.